The van der Waals surface area contributed by atoms with Gasteiger partial charge in [0.25, 0.3) is 0 Å². The van der Waals surface area contributed by atoms with Gasteiger partial charge in [0, 0.05) is 19.5 Å². The number of nitrogens with zero attached hydrogens (tertiary/aromatic N) is 1. The van der Waals surface area contributed by atoms with Crippen LogP contribution in [0.2, 0.25) is 0 Å². The van der Waals surface area contributed by atoms with E-state index < -0.39 is 5.97 Å². The Kier molecular flexibility index (Phi) is 5.75. The van der Waals surface area contributed by atoms with E-state index in [-0.39, 0.29) is 24.9 Å². The summed E-state index contributed by atoms with van der Waals surface area (Å²) in [5, 5.41) is 8.59. The maximum absolute atomic E-state index is 11.8. The summed E-state index contributed by atoms with van der Waals surface area (Å²) in [6.45, 7) is 1.90. The highest BCUT2D eigenvalue weighted by molar-refractivity contribution is 5.80. The molecule has 1 heterocycles. The number of carboxylic acids is 1. The second kappa shape index (κ2) is 7.78. The smallest absolute Gasteiger partial charge is 0.303 e. The summed E-state index contributed by atoms with van der Waals surface area (Å²) >= 11 is 0. The van der Waals surface area contributed by atoms with Gasteiger partial charge in [0.15, 0.2) is 0 Å². The molecule has 1 amide bonds. The molecule has 5 heteroatoms. The van der Waals surface area contributed by atoms with Crippen molar-refractivity contribution < 1.29 is 19.4 Å². The molecule has 1 N–H and O–H groups in total. The summed E-state index contributed by atoms with van der Waals surface area (Å²) in [5.41, 5.74) is 1.15. The Bertz CT molecular complexity index is 466. The number of carboxylic acid groups (broad SMARTS) is 1. The first-order chi connectivity index (χ1) is 10.1. The molecule has 1 fully saturated rings. The number of ether oxygens (including phenoxy) is 1. The van der Waals surface area contributed by atoms with Gasteiger partial charge in [-0.2, -0.15) is 0 Å². The third kappa shape index (κ3) is 5.19. The van der Waals surface area contributed by atoms with Gasteiger partial charge < -0.3 is 14.7 Å². The van der Waals surface area contributed by atoms with Crippen LogP contribution in [-0.2, 0) is 20.9 Å². The number of carbonyl (C=O) groups is 2. The Labute approximate surface area is 124 Å². The van der Waals surface area contributed by atoms with E-state index in [0.29, 0.717) is 19.7 Å². The first-order valence-corrected chi connectivity index (χ1v) is 7.30. The highest BCUT2D eigenvalue weighted by Gasteiger charge is 2.23. The van der Waals surface area contributed by atoms with Gasteiger partial charge in [-0.25, -0.2) is 0 Å². The number of benzene rings is 1. The highest BCUT2D eigenvalue weighted by Crippen LogP contribution is 2.16. The molecule has 0 bridgehead atoms. The van der Waals surface area contributed by atoms with Gasteiger partial charge in [0.05, 0.1) is 19.1 Å². The highest BCUT2D eigenvalue weighted by atomic mass is 16.5. The molecule has 1 aromatic rings. The molecule has 1 saturated heterocycles. The van der Waals surface area contributed by atoms with Crippen molar-refractivity contribution in [3.05, 3.63) is 35.9 Å². The Morgan fingerprint density at radius 1 is 1.14 bits per heavy atom. The molecule has 0 spiro atoms. The van der Waals surface area contributed by atoms with E-state index in [1.165, 1.54) is 0 Å². The van der Waals surface area contributed by atoms with Crippen molar-refractivity contribution >= 4 is 11.9 Å². The molecular formula is C16H21NO4. The van der Waals surface area contributed by atoms with Crippen LogP contribution in [0.15, 0.2) is 30.3 Å². The first kappa shape index (κ1) is 15.5. The molecule has 0 unspecified atom stereocenters. The van der Waals surface area contributed by atoms with Gasteiger partial charge in [0.2, 0.25) is 5.91 Å². The topological polar surface area (TPSA) is 66.8 Å². The largest absolute Gasteiger partial charge is 0.481 e. The Hall–Kier alpha value is -1.88. The minimum Gasteiger partial charge on any atom is -0.481 e. The number of carbonyl (C=O) groups excluding carboxylic acids is 1. The number of likely N-dealkylation sites (tertiary alicyclic amines) is 1. The second-order valence-corrected chi connectivity index (χ2v) is 5.27. The van der Waals surface area contributed by atoms with Crippen molar-refractivity contribution in [1.29, 1.82) is 0 Å². The Morgan fingerprint density at radius 3 is 2.43 bits per heavy atom. The van der Waals surface area contributed by atoms with E-state index in [1.54, 1.807) is 4.90 Å². The van der Waals surface area contributed by atoms with E-state index in [0.717, 1.165) is 18.4 Å². The van der Waals surface area contributed by atoms with Crippen molar-refractivity contribution in [2.24, 2.45) is 0 Å². The lowest BCUT2D eigenvalue weighted by atomic mass is 10.1. The summed E-state index contributed by atoms with van der Waals surface area (Å²) < 4.78 is 5.86. The molecule has 0 aromatic heterocycles. The molecule has 114 valence electrons. The summed E-state index contributed by atoms with van der Waals surface area (Å²) in [6.07, 6.45) is 1.79. The number of rotatable bonds is 6. The maximum Gasteiger partial charge on any atom is 0.303 e. The Balaban J connectivity index is 1.68. The SMILES string of the molecule is O=C(O)CCC(=O)N1CCC(OCc2ccccc2)CC1. The van der Waals surface area contributed by atoms with E-state index >= 15 is 0 Å². The van der Waals surface area contributed by atoms with Gasteiger partial charge in [-0.15, -0.1) is 0 Å². The molecule has 1 aliphatic rings. The maximum atomic E-state index is 11.8. The molecule has 2 rings (SSSR count). The summed E-state index contributed by atoms with van der Waals surface area (Å²) in [5.74, 6) is -0.997. The molecule has 0 saturated carbocycles. The number of hydrogen-bond acceptors (Lipinski definition) is 3. The molecular weight excluding hydrogens is 270 g/mol. The lowest BCUT2D eigenvalue weighted by Crippen LogP contribution is -2.40. The number of aliphatic carboxylic acids is 1. The fourth-order valence-electron chi connectivity index (χ4n) is 2.43. The number of hydrogen-bond donors (Lipinski definition) is 1. The van der Waals surface area contributed by atoms with E-state index in [4.69, 9.17) is 9.84 Å². The molecule has 21 heavy (non-hydrogen) atoms. The lowest BCUT2D eigenvalue weighted by molar-refractivity contribution is -0.141. The fourth-order valence-corrected chi connectivity index (χ4v) is 2.43. The van der Waals surface area contributed by atoms with Gasteiger partial charge in [-0.3, -0.25) is 9.59 Å². The average Bonchev–Trinajstić information content (AvgIpc) is 2.52. The van der Waals surface area contributed by atoms with Crippen molar-refractivity contribution in [2.75, 3.05) is 13.1 Å². The average molecular weight is 291 g/mol. The third-order valence-electron chi connectivity index (χ3n) is 3.68. The predicted octanol–water partition coefficient (Wildman–Crippen LogP) is 2.06. The molecule has 5 nitrogen and oxygen atoms in total. The van der Waals surface area contributed by atoms with Crippen LogP contribution in [0.5, 0.6) is 0 Å². The van der Waals surface area contributed by atoms with Crippen LogP contribution in [0.4, 0.5) is 0 Å². The molecule has 1 aromatic carbocycles. The van der Waals surface area contributed by atoms with Crippen LogP contribution >= 0.6 is 0 Å². The van der Waals surface area contributed by atoms with Crippen LogP contribution in [0.25, 0.3) is 0 Å². The molecule has 0 radical (unpaired) electrons. The minimum absolute atomic E-state index is 0.0705. The van der Waals surface area contributed by atoms with E-state index in [2.05, 4.69) is 0 Å². The quantitative estimate of drug-likeness (QED) is 0.871. The van der Waals surface area contributed by atoms with Crippen molar-refractivity contribution in [3.8, 4) is 0 Å². The first-order valence-electron chi connectivity index (χ1n) is 7.30. The normalized spacial score (nSPS) is 15.9. The standard InChI is InChI=1S/C16H21NO4/c18-15(6-7-16(19)20)17-10-8-14(9-11-17)21-12-13-4-2-1-3-5-13/h1-5,14H,6-12H2,(H,19,20). The van der Waals surface area contributed by atoms with Gasteiger partial charge in [-0.1, -0.05) is 30.3 Å². The minimum atomic E-state index is -0.926. The molecule has 0 aliphatic carbocycles. The van der Waals surface area contributed by atoms with Crippen LogP contribution in [0, 0.1) is 0 Å². The monoisotopic (exact) mass is 291 g/mol. The van der Waals surface area contributed by atoms with Crippen molar-refractivity contribution in [3.63, 3.8) is 0 Å². The summed E-state index contributed by atoms with van der Waals surface area (Å²) in [4.78, 5) is 24.0. The van der Waals surface area contributed by atoms with Crippen LogP contribution < -0.4 is 0 Å². The van der Waals surface area contributed by atoms with Gasteiger partial charge in [-0.05, 0) is 18.4 Å². The predicted molar refractivity (Wildman–Crippen MR) is 77.7 cm³/mol. The van der Waals surface area contributed by atoms with Crippen molar-refractivity contribution in [2.45, 2.75) is 38.4 Å². The Morgan fingerprint density at radius 2 is 1.81 bits per heavy atom. The van der Waals surface area contributed by atoms with Crippen LogP contribution in [0.1, 0.15) is 31.2 Å². The van der Waals surface area contributed by atoms with Crippen LogP contribution in [-0.4, -0.2) is 41.1 Å². The fraction of sp³-hybridized carbons (Fsp3) is 0.500. The van der Waals surface area contributed by atoms with E-state index in [1.807, 2.05) is 30.3 Å². The zero-order chi connectivity index (χ0) is 15.1. The number of amides is 1. The van der Waals surface area contributed by atoms with Crippen molar-refractivity contribution in [1.82, 2.24) is 4.90 Å². The number of piperidine rings is 1. The van der Waals surface area contributed by atoms with E-state index in [9.17, 15) is 9.59 Å². The third-order valence-corrected chi connectivity index (χ3v) is 3.68. The van der Waals surface area contributed by atoms with Gasteiger partial charge in [0.1, 0.15) is 0 Å². The van der Waals surface area contributed by atoms with Gasteiger partial charge >= 0.3 is 5.97 Å². The second-order valence-electron chi connectivity index (χ2n) is 5.27. The zero-order valence-electron chi connectivity index (χ0n) is 12.0. The summed E-state index contributed by atoms with van der Waals surface area (Å²) in [6, 6.07) is 10.0. The molecule has 0 atom stereocenters. The molecule has 1 aliphatic heterocycles. The van der Waals surface area contributed by atoms with Crippen LogP contribution in [0.3, 0.4) is 0 Å². The lowest BCUT2D eigenvalue weighted by Gasteiger charge is -2.32. The summed E-state index contributed by atoms with van der Waals surface area (Å²) in [7, 11) is 0. The zero-order valence-corrected chi connectivity index (χ0v) is 12.0.